The van der Waals surface area contributed by atoms with Crippen LogP contribution in [0.25, 0.3) is 0 Å². The number of nitrogens with one attached hydrogen (secondary N) is 1. The van der Waals surface area contributed by atoms with Crippen LogP contribution in [0.2, 0.25) is 0 Å². The Morgan fingerprint density at radius 2 is 2.33 bits per heavy atom. The fourth-order valence-electron chi connectivity index (χ4n) is 1.12. The molecule has 0 spiro atoms. The molecule has 3 nitrogen and oxygen atoms in total. The van der Waals surface area contributed by atoms with Gasteiger partial charge in [0.15, 0.2) is 0 Å². The van der Waals surface area contributed by atoms with Crippen molar-refractivity contribution >= 4 is 27.6 Å². The van der Waals surface area contributed by atoms with Crippen LogP contribution in [0.3, 0.4) is 0 Å². The van der Waals surface area contributed by atoms with Gasteiger partial charge in [0.1, 0.15) is 0 Å². The molecule has 0 heterocycles. The monoisotopic (exact) mass is 267 g/mol. The molecule has 0 amide bonds. The molecule has 0 aromatic heterocycles. The van der Waals surface area contributed by atoms with Gasteiger partial charge in [-0.3, -0.25) is 0 Å². The van der Waals surface area contributed by atoms with Crippen molar-refractivity contribution in [3.8, 4) is 12.3 Å². The Balaban J connectivity index is 2.88. The minimum Gasteiger partial charge on any atom is -0.478 e. The van der Waals surface area contributed by atoms with Crippen molar-refractivity contribution in [2.75, 3.05) is 11.9 Å². The molecule has 0 aliphatic rings. The quantitative estimate of drug-likeness (QED) is 0.651. The van der Waals surface area contributed by atoms with Crippen LogP contribution in [0.1, 0.15) is 16.8 Å². The van der Waals surface area contributed by atoms with Crippen molar-refractivity contribution in [1.82, 2.24) is 0 Å². The number of hydrogen-bond donors (Lipinski definition) is 2. The van der Waals surface area contributed by atoms with E-state index in [0.717, 1.165) is 4.47 Å². The van der Waals surface area contributed by atoms with E-state index in [9.17, 15) is 4.79 Å². The highest BCUT2D eigenvalue weighted by Crippen LogP contribution is 2.21. The summed E-state index contributed by atoms with van der Waals surface area (Å²) in [4.78, 5) is 10.9. The maximum atomic E-state index is 10.9. The average molecular weight is 268 g/mol. The molecule has 0 fully saturated rings. The molecule has 4 heteroatoms. The van der Waals surface area contributed by atoms with E-state index in [1.165, 1.54) is 0 Å². The number of terminal acetylenes is 1. The number of benzene rings is 1. The molecule has 78 valence electrons. The molecule has 1 aromatic rings. The van der Waals surface area contributed by atoms with Gasteiger partial charge in [-0.15, -0.1) is 12.3 Å². The van der Waals surface area contributed by atoms with Gasteiger partial charge in [-0.2, -0.15) is 0 Å². The molecule has 0 saturated carbocycles. The van der Waals surface area contributed by atoms with Crippen molar-refractivity contribution in [3.63, 3.8) is 0 Å². The van der Waals surface area contributed by atoms with Gasteiger partial charge in [-0.25, -0.2) is 4.79 Å². The summed E-state index contributed by atoms with van der Waals surface area (Å²) in [6.45, 7) is 0.563. The number of hydrogen-bond acceptors (Lipinski definition) is 2. The molecule has 0 aliphatic heterocycles. The zero-order chi connectivity index (χ0) is 11.3. The van der Waals surface area contributed by atoms with Crippen LogP contribution in [-0.2, 0) is 0 Å². The lowest BCUT2D eigenvalue weighted by atomic mass is 10.2. The summed E-state index contributed by atoms with van der Waals surface area (Å²) in [5.41, 5.74) is 0.822. The summed E-state index contributed by atoms with van der Waals surface area (Å²) < 4.78 is 0.829. The first-order chi connectivity index (χ1) is 7.15. The molecule has 0 unspecified atom stereocenters. The van der Waals surface area contributed by atoms with Gasteiger partial charge in [0.2, 0.25) is 0 Å². The SMILES string of the molecule is C#CCCNc1cc(Br)ccc1C(=O)O. The van der Waals surface area contributed by atoms with Gasteiger partial charge in [-0.1, -0.05) is 15.9 Å². The van der Waals surface area contributed by atoms with Gasteiger partial charge in [0.05, 0.1) is 5.56 Å². The van der Waals surface area contributed by atoms with Crippen LogP contribution in [0, 0.1) is 12.3 Å². The zero-order valence-electron chi connectivity index (χ0n) is 7.96. The second-order valence-corrected chi connectivity index (χ2v) is 3.79. The minimum absolute atomic E-state index is 0.246. The Labute approximate surface area is 96.6 Å². The van der Waals surface area contributed by atoms with Crippen LogP contribution in [0.5, 0.6) is 0 Å². The molecule has 0 aliphatic carbocycles. The van der Waals surface area contributed by atoms with Gasteiger partial charge in [0.25, 0.3) is 0 Å². The largest absolute Gasteiger partial charge is 0.478 e. The van der Waals surface area contributed by atoms with Crippen molar-refractivity contribution in [1.29, 1.82) is 0 Å². The van der Waals surface area contributed by atoms with E-state index < -0.39 is 5.97 Å². The third-order valence-corrected chi connectivity index (χ3v) is 2.29. The van der Waals surface area contributed by atoms with Crippen LogP contribution in [-0.4, -0.2) is 17.6 Å². The summed E-state index contributed by atoms with van der Waals surface area (Å²) in [5, 5.41) is 11.9. The predicted molar refractivity (Wildman–Crippen MR) is 63.0 cm³/mol. The van der Waals surface area contributed by atoms with Crippen molar-refractivity contribution < 1.29 is 9.90 Å². The summed E-state index contributed by atoms with van der Waals surface area (Å²) in [7, 11) is 0. The molecular weight excluding hydrogens is 258 g/mol. The van der Waals surface area contributed by atoms with Gasteiger partial charge in [0, 0.05) is 23.1 Å². The molecule has 0 saturated heterocycles. The number of halogens is 1. The number of rotatable bonds is 4. The second kappa shape index (κ2) is 5.42. The smallest absolute Gasteiger partial charge is 0.337 e. The van der Waals surface area contributed by atoms with Gasteiger partial charge in [-0.05, 0) is 18.2 Å². The highest BCUT2D eigenvalue weighted by atomic mass is 79.9. The molecular formula is C11H10BrNO2. The molecule has 0 atom stereocenters. The lowest BCUT2D eigenvalue weighted by Gasteiger charge is -2.08. The van der Waals surface area contributed by atoms with Crippen LogP contribution >= 0.6 is 15.9 Å². The lowest BCUT2D eigenvalue weighted by Crippen LogP contribution is -2.07. The molecule has 0 bridgehead atoms. The lowest BCUT2D eigenvalue weighted by molar-refractivity contribution is 0.0698. The topological polar surface area (TPSA) is 49.3 Å². The first kappa shape index (κ1) is 11.6. The summed E-state index contributed by atoms with van der Waals surface area (Å²) in [6, 6.07) is 4.96. The van der Waals surface area contributed by atoms with Crippen LogP contribution in [0.15, 0.2) is 22.7 Å². The Morgan fingerprint density at radius 1 is 1.60 bits per heavy atom. The number of carbonyl (C=O) groups is 1. The van der Waals surface area contributed by atoms with E-state index in [0.29, 0.717) is 18.7 Å². The van der Waals surface area contributed by atoms with E-state index in [4.69, 9.17) is 11.5 Å². The first-order valence-corrected chi connectivity index (χ1v) is 5.14. The van der Waals surface area contributed by atoms with Gasteiger partial charge >= 0.3 is 5.97 Å². The van der Waals surface area contributed by atoms with Crippen molar-refractivity contribution in [2.45, 2.75) is 6.42 Å². The highest BCUT2D eigenvalue weighted by Gasteiger charge is 2.09. The number of anilines is 1. The Bertz CT molecular complexity index is 410. The van der Waals surface area contributed by atoms with E-state index in [1.807, 2.05) is 0 Å². The first-order valence-electron chi connectivity index (χ1n) is 4.35. The summed E-state index contributed by atoms with van der Waals surface area (Å²) in [6.07, 6.45) is 5.67. The van der Waals surface area contributed by atoms with E-state index in [-0.39, 0.29) is 5.56 Å². The third kappa shape index (κ3) is 3.30. The molecule has 15 heavy (non-hydrogen) atoms. The molecule has 0 radical (unpaired) electrons. The minimum atomic E-state index is -0.953. The van der Waals surface area contributed by atoms with E-state index in [2.05, 4.69) is 27.2 Å². The highest BCUT2D eigenvalue weighted by molar-refractivity contribution is 9.10. The zero-order valence-corrected chi connectivity index (χ0v) is 9.54. The van der Waals surface area contributed by atoms with Crippen LogP contribution in [0.4, 0.5) is 5.69 Å². The molecule has 2 N–H and O–H groups in total. The normalized spacial score (nSPS) is 9.33. The number of aromatic carboxylic acids is 1. The Kier molecular flexibility index (Phi) is 4.19. The Morgan fingerprint density at radius 3 is 2.93 bits per heavy atom. The summed E-state index contributed by atoms with van der Waals surface area (Å²) in [5.74, 6) is 1.53. The standard InChI is InChI=1S/C11H10BrNO2/c1-2-3-6-13-10-7-8(12)4-5-9(10)11(14)15/h1,4-5,7,13H,3,6H2,(H,14,15). The maximum absolute atomic E-state index is 10.9. The number of carboxylic acid groups (broad SMARTS) is 1. The van der Waals surface area contributed by atoms with Crippen LogP contribution < -0.4 is 5.32 Å². The maximum Gasteiger partial charge on any atom is 0.337 e. The third-order valence-electron chi connectivity index (χ3n) is 1.80. The van der Waals surface area contributed by atoms with Crippen molar-refractivity contribution in [3.05, 3.63) is 28.2 Å². The molecule has 1 rings (SSSR count). The van der Waals surface area contributed by atoms with E-state index in [1.54, 1.807) is 18.2 Å². The predicted octanol–water partition coefficient (Wildman–Crippen LogP) is 2.58. The second-order valence-electron chi connectivity index (χ2n) is 2.88. The van der Waals surface area contributed by atoms with Gasteiger partial charge < -0.3 is 10.4 Å². The summed E-state index contributed by atoms with van der Waals surface area (Å²) >= 11 is 3.28. The van der Waals surface area contributed by atoms with Crippen molar-refractivity contribution in [2.24, 2.45) is 0 Å². The Hall–Kier alpha value is -1.47. The average Bonchev–Trinajstić information content (AvgIpc) is 2.18. The fraction of sp³-hybridized carbons (Fsp3) is 0.182. The molecule has 1 aromatic carbocycles. The fourth-order valence-corrected chi connectivity index (χ4v) is 1.48. The van der Waals surface area contributed by atoms with E-state index >= 15 is 0 Å². The number of carboxylic acids is 1.